The van der Waals surface area contributed by atoms with E-state index in [1.54, 1.807) is 4.90 Å². The first-order valence-electron chi connectivity index (χ1n) is 4.76. The SMILES string of the molecule is CC(C)N1CCN(C(O)C=O)CC1. The van der Waals surface area contributed by atoms with Gasteiger partial charge in [-0.3, -0.25) is 14.6 Å². The Bertz CT molecular complexity index is 165. The summed E-state index contributed by atoms with van der Waals surface area (Å²) in [5, 5.41) is 9.25. The summed E-state index contributed by atoms with van der Waals surface area (Å²) in [7, 11) is 0. The summed E-state index contributed by atoms with van der Waals surface area (Å²) in [6.45, 7) is 7.74. The van der Waals surface area contributed by atoms with Crippen LogP contribution in [-0.2, 0) is 4.79 Å². The molecule has 0 aromatic carbocycles. The number of aldehydes is 1. The number of rotatable bonds is 3. The third-order valence-electron chi connectivity index (χ3n) is 2.57. The third-order valence-corrected chi connectivity index (χ3v) is 2.57. The maximum absolute atomic E-state index is 10.3. The summed E-state index contributed by atoms with van der Waals surface area (Å²) in [6, 6.07) is 0.551. The molecular formula is C9H18N2O2. The summed E-state index contributed by atoms with van der Waals surface area (Å²) in [5.74, 6) is 0. The summed E-state index contributed by atoms with van der Waals surface area (Å²) >= 11 is 0. The van der Waals surface area contributed by atoms with Crippen LogP contribution < -0.4 is 0 Å². The van der Waals surface area contributed by atoms with Gasteiger partial charge in [-0.15, -0.1) is 0 Å². The lowest BCUT2D eigenvalue weighted by Crippen LogP contribution is -2.52. The zero-order valence-corrected chi connectivity index (χ0v) is 8.31. The molecule has 1 aliphatic rings. The molecular weight excluding hydrogens is 168 g/mol. The molecule has 0 aliphatic carbocycles. The second kappa shape index (κ2) is 4.69. The van der Waals surface area contributed by atoms with Gasteiger partial charge in [-0.05, 0) is 13.8 Å². The van der Waals surface area contributed by atoms with Crippen LogP contribution in [-0.4, -0.2) is 59.6 Å². The standard InChI is InChI=1S/C9H18N2O2/c1-8(2)10-3-5-11(6-4-10)9(13)7-12/h7-9,13H,3-6H2,1-2H3. The predicted molar refractivity (Wildman–Crippen MR) is 50.4 cm³/mol. The highest BCUT2D eigenvalue weighted by Crippen LogP contribution is 2.06. The van der Waals surface area contributed by atoms with Gasteiger partial charge >= 0.3 is 0 Å². The van der Waals surface area contributed by atoms with E-state index in [0.29, 0.717) is 12.3 Å². The minimum absolute atomic E-state index is 0.551. The number of piperazine rings is 1. The molecule has 1 unspecified atom stereocenters. The Balaban J connectivity index is 2.34. The molecule has 0 saturated carbocycles. The number of carbonyl (C=O) groups excluding carboxylic acids is 1. The van der Waals surface area contributed by atoms with Crippen LogP contribution in [0.1, 0.15) is 13.8 Å². The van der Waals surface area contributed by atoms with Crippen molar-refractivity contribution in [2.75, 3.05) is 26.2 Å². The van der Waals surface area contributed by atoms with Gasteiger partial charge in [0.15, 0.2) is 12.5 Å². The van der Waals surface area contributed by atoms with Crippen molar-refractivity contribution in [3.8, 4) is 0 Å². The van der Waals surface area contributed by atoms with E-state index in [2.05, 4.69) is 18.7 Å². The lowest BCUT2D eigenvalue weighted by Gasteiger charge is -2.37. The Hall–Kier alpha value is -0.450. The molecule has 1 saturated heterocycles. The predicted octanol–water partition coefficient (Wildman–Crippen LogP) is -0.470. The van der Waals surface area contributed by atoms with Gasteiger partial charge in [0, 0.05) is 32.2 Å². The van der Waals surface area contributed by atoms with E-state index in [0.717, 1.165) is 26.2 Å². The molecule has 76 valence electrons. The van der Waals surface area contributed by atoms with E-state index in [1.807, 2.05) is 0 Å². The van der Waals surface area contributed by atoms with Crippen LogP contribution in [0.5, 0.6) is 0 Å². The van der Waals surface area contributed by atoms with E-state index in [4.69, 9.17) is 0 Å². The zero-order chi connectivity index (χ0) is 9.84. The number of hydrogen-bond donors (Lipinski definition) is 1. The number of nitrogens with zero attached hydrogens (tertiary/aromatic N) is 2. The summed E-state index contributed by atoms with van der Waals surface area (Å²) < 4.78 is 0. The Kier molecular flexibility index (Phi) is 3.84. The van der Waals surface area contributed by atoms with Crippen molar-refractivity contribution in [1.29, 1.82) is 0 Å². The number of aliphatic hydroxyl groups excluding tert-OH is 1. The van der Waals surface area contributed by atoms with E-state index in [9.17, 15) is 9.90 Å². The molecule has 4 heteroatoms. The van der Waals surface area contributed by atoms with Gasteiger partial charge in [0.05, 0.1) is 0 Å². The van der Waals surface area contributed by atoms with Crippen LogP contribution in [0.25, 0.3) is 0 Å². The van der Waals surface area contributed by atoms with Crippen LogP contribution in [0.4, 0.5) is 0 Å². The van der Waals surface area contributed by atoms with Crippen molar-refractivity contribution < 1.29 is 9.90 Å². The van der Waals surface area contributed by atoms with E-state index >= 15 is 0 Å². The van der Waals surface area contributed by atoms with Crippen LogP contribution in [0.2, 0.25) is 0 Å². The smallest absolute Gasteiger partial charge is 0.164 e. The fraction of sp³-hybridized carbons (Fsp3) is 0.889. The molecule has 0 aromatic rings. The Morgan fingerprint density at radius 3 is 2.00 bits per heavy atom. The third kappa shape index (κ3) is 2.76. The van der Waals surface area contributed by atoms with Crippen molar-refractivity contribution >= 4 is 6.29 Å². The highest BCUT2D eigenvalue weighted by atomic mass is 16.3. The molecule has 0 aromatic heterocycles. The van der Waals surface area contributed by atoms with Gasteiger partial charge in [0.25, 0.3) is 0 Å². The first-order valence-corrected chi connectivity index (χ1v) is 4.76. The number of hydrogen-bond acceptors (Lipinski definition) is 4. The molecule has 1 fully saturated rings. The largest absolute Gasteiger partial charge is 0.371 e. The molecule has 0 bridgehead atoms. The minimum Gasteiger partial charge on any atom is -0.371 e. The van der Waals surface area contributed by atoms with Crippen molar-refractivity contribution in [3.63, 3.8) is 0 Å². The highest BCUT2D eigenvalue weighted by Gasteiger charge is 2.22. The number of carbonyl (C=O) groups is 1. The second-order valence-electron chi connectivity index (χ2n) is 3.72. The summed E-state index contributed by atoms with van der Waals surface area (Å²) in [4.78, 5) is 14.5. The fourth-order valence-corrected chi connectivity index (χ4v) is 1.60. The number of aliphatic hydroxyl groups is 1. The first kappa shape index (κ1) is 10.6. The van der Waals surface area contributed by atoms with Crippen LogP contribution in [0.3, 0.4) is 0 Å². The van der Waals surface area contributed by atoms with Gasteiger partial charge in [-0.2, -0.15) is 0 Å². The van der Waals surface area contributed by atoms with Gasteiger partial charge in [0.1, 0.15) is 0 Å². The van der Waals surface area contributed by atoms with E-state index in [1.165, 1.54) is 0 Å². The molecule has 0 spiro atoms. The quantitative estimate of drug-likeness (QED) is 0.605. The molecule has 1 rings (SSSR count). The van der Waals surface area contributed by atoms with Gasteiger partial charge < -0.3 is 5.11 Å². The Labute approximate surface area is 79.1 Å². The van der Waals surface area contributed by atoms with Gasteiger partial charge in [0.2, 0.25) is 0 Å². The maximum atomic E-state index is 10.3. The fourth-order valence-electron chi connectivity index (χ4n) is 1.60. The molecule has 1 heterocycles. The lowest BCUT2D eigenvalue weighted by molar-refractivity contribution is -0.126. The maximum Gasteiger partial charge on any atom is 0.164 e. The molecule has 0 amide bonds. The van der Waals surface area contributed by atoms with Crippen molar-refractivity contribution in [2.24, 2.45) is 0 Å². The first-order chi connectivity index (χ1) is 6.15. The molecule has 13 heavy (non-hydrogen) atoms. The van der Waals surface area contributed by atoms with Crippen LogP contribution in [0.15, 0.2) is 0 Å². The molecule has 1 N–H and O–H groups in total. The Morgan fingerprint density at radius 1 is 1.15 bits per heavy atom. The minimum atomic E-state index is -0.908. The average Bonchev–Trinajstić information content (AvgIpc) is 2.17. The molecule has 1 aliphatic heterocycles. The Morgan fingerprint density at radius 2 is 1.62 bits per heavy atom. The molecule has 0 radical (unpaired) electrons. The highest BCUT2D eigenvalue weighted by molar-refractivity contribution is 5.54. The molecule has 1 atom stereocenters. The summed E-state index contributed by atoms with van der Waals surface area (Å²) in [6.07, 6.45) is -0.320. The lowest BCUT2D eigenvalue weighted by atomic mass is 10.2. The van der Waals surface area contributed by atoms with Crippen molar-refractivity contribution in [3.05, 3.63) is 0 Å². The molecule has 4 nitrogen and oxygen atoms in total. The summed E-state index contributed by atoms with van der Waals surface area (Å²) in [5.41, 5.74) is 0. The van der Waals surface area contributed by atoms with Gasteiger partial charge in [-0.25, -0.2) is 0 Å². The van der Waals surface area contributed by atoms with Crippen LogP contribution in [0, 0.1) is 0 Å². The second-order valence-corrected chi connectivity index (χ2v) is 3.72. The van der Waals surface area contributed by atoms with Crippen LogP contribution >= 0.6 is 0 Å². The normalized spacial score (nSPS) is 23.4. The van der Waals surface area contributed by atoms with Gasteiger partial charge in [-0.1, -0.05) is 0 Å². The zero-order valence-electron chi connectivity index (χ0n) is 8.31. The van der Waals surface area contributed by atoms with E-state index < -0.39 is 6.23 Å². The monoisotopic (exact) mass is 186 g/mol. The van der Waals surface area contributed by atoms with Crippen molar-refractivity contribution in [2.45, 2.75) is 26.1 Å². The topological polar surface area (TPSA) is 43.8 Å². The van der Waals surface area contributed by atoms with E-state index in [-0.39, 0.29) is 0 Å². The van der Waals surface area contributed by atoms with Crippen molar-refractivity contribution in [1.82, 2.24) is 9.80 Å². The average molecular weight is 186 g/mol.